The number of benzene rings is 1. The van der Waals surface area contributed by atoms with Crippen LogP contribution in [0.25, 0.3) is 11.3 Å². The Bertz CT molecular complexity index is 508. The van der Waals surface area contributed by atoms with E-state index in [9.17, 15) is 0 Å². The number of imidazole rings is 1. The fourth-order valence-corrected chi connectivity index (χ4v) is 1.59. The minimum Gasteiger partial charge on any atom is -0.493 e. The van der Waals surface area contributed by atoms with Crippen molar-refractivity contribution in [1.29, 1.82) is 0 Å². The summed E-state index contributed by atoms with van der Waals surface area (Å²) in [5.74, 6) is 1.82. The largest absolute Gasteiger partial charge is 0.493 e. The Balaban J connectivity index is 2.37. The number of hydrogen-bond donors (Lipinski definition) is 2. The fraction of sp³-hybridized carbons (Fsp3) is 0.250. The van der Waals surface area contributed by atoms with Gasteiger partial charge in [-0.3, -0.25) is 0 Å². The molecule has 0 saturated carbocycles. The van der Waals surface area contributed by atoms with Crippen LogP contribution in [0.5, 0.6) is 11.5 Å². The molecule has 1 heterocycles. The molecule has 0 spiro atoms. The van der Waals surface area contributed by atoms with Crippen LogP contribution in [0.1, 0.15) is 6.92 Å². The molecule has 0 aliphatic carbocycles. The molecule has 17 heavy (non-hydrogen) atoms. The SMILES string of the molecule is CCOc1ccc(-c2cnc(N)[nH]2)cc1OC. The van der Waals surface area contributed by atoms with E-state index in [4.69, 9.17) is 15.2 Å². The summed E-state index contributed by atoms with van der Waals surface area (Å²) in [6.07, 6.45) is 1.68. The zero-order valence-electron chi connectivity index (χ0n) is 9.86. The predicted molar refractivity (Wildman–Crippen MR) is 66.2 cm³/mol. The molecule has 0 bridgehead atoms. The Labute approximate surface area is 99.6 Å². The van der Waals surface area contributed by atoms with Crippen molar-refractivity contribution in [2.75, 3.05) is 19.5 Å². The number of aromatic nitrogens is 2. The molecule has 2 rings (SSSR count). The van der Waals surface area contributed by atoms with E-state index in [0.29, 0.717) is 18.3 Å². The molecule has 0 atom stereocenters. The molecule has 1 aromatic heterocycles. The molecule has 90 valence electrons. The number of nitrogen functional groups attached to an aromatic ring is 1. The molecule has 3 N–H and O–H groups in total. The van der Waals surface area contributed by atoms with Gasteiger partial charge in [0.2, 0.25) is 0 Å². The third-order valence-electron chi connectivity index (χ3n) is 2.37. The number of hydrogen-bond acceptors (Lipinski definition) is 4. The molecule has 0 aliphatic rings. The Hall–Kier alpha value is -2.17. The van der Waals surface area contributed by atoms with Gasteiger partial charge >= 0.3 is 0 Å². The minimum atomic E-state index is 0.396. The molecule has 1 aromatic carbocycles. The summed E-state index contributed by atoms with van der Waals surface area (Å²) in [4.78, 5) is 6.92. The Kier molecular flexibility index (Phi) is 3.18. The van der Waals surface area contributed by atoms with Gasteiger partial charge in [-0.2, -0.15) is 0 Å². The molecular weight excluding hydrogens is 218 g/mol. The van der Waals surface area contributed by atoms with E-state index in [1.165, 1.54) is 0 Å². The van der Waals surface area contributed by atoms with E-state index in [0.717, 1.165) is 17.0 Å². The molecule has 0 amide bonds. The molecule has 0 radical (unpaired) electrons. The maximum Gasteiger partial charge on any atom is 0.197 e. The van der Waals surface area contributed by atoms with Crippen LogP contribution in [0.15, 0.2) is 24.4 Å². The summed E-state index contributed by atoms with van der Waals surface area (Å²) in [6, 6.07) is 5.69. The topological polar surface area (TPSA) is 73.2 Å². The maximum atomic E-state index is 5.54. The average molecular weight is 233 g/mol. The molecular formula is C12H15N3O2. The summed E-state index contributed by atoms with van der Waals surface area (Å²) >= 11 is 0. The Morgan fingerprint density at radius 1 is 1.35 bits per heavy atom. The van der Waals surface area contributed by atoms with Gasteiger partial charge in [-0.15, -0.1) is 0 Å². The van der Waals surface area contributed by atoms with E-state index < -0.39 is 0 Å². The molecule has 5 nitrogen and oxygen atoms in total. The molecule has 5 heteroatoms. The number of nitrogens with zero attached hydrogens (tertiary/aromatic N) is 1. The van der Waals surface area contributed by atoms with Gasteiger partial charge in [-0.1, -0.05) is 0 Å². The summed E-state index contributed by atoms with van der Waals surface area (Å²) < 4.78 is 10.7. The van der Waals surface area contributed by atoms with Gasteiger partial charge in [-0.05, 0) is 25.1 Å². The molecule has 0 unspecified atom stereocenters. The van der Waals surface area contributed by atoms with Crippen LogP contribution >= 0.6 is 0 Å². The van der Waals surface area contributed by atoms with Gasteiger partial charge in [0.15, 0.2) is 17.4 Å². The molecule has 0 saturated heterocycles. The third-order valence-corrected chi connectivity index (χ3v) is 2.37. The molecule has 0 fully saturated rings. The van der Waals surface area contributed by atoms with Crippen molar-refractivity contribution in [3.05, 3.63) is 24.4 Å². The lowest BCUT2D eigenvalue weighted by Gasteiger charge is -2.10. The van der Waals surface area contributed by atoms with Crippen molar-refractivity contribution in [2.24, 2.45) is 0 Å². The van der Waals surface area contributed by atoms with Crippen LogP contribution in [0.2, 0.25) is 0 Å². The van der Waals surface area contributed by atoms with Crippen LogP contribution in [-0.4, -0.2) is 23.7 Å². The second-order valence-corrected chi connectivity index (χ2v) is 3.48. The molecule has 0 aliphatic heterocycles. The number of nitrogens with two attached hydrogens (primary N) is 1. The molecule has 2 aromatic rings. The van der Waals surface area contributed by atoms with Gasteiger partial charge in [-0.25, -0.2) is 4.98 Å². The number of H-pyrrole nitrogens is 1. The smallest absolute Gasteiger partial charge is 0.197 e. The first-order valence-corrected chi connectivity index (χ1v) is 5.36. The van der Waals surface area contributed by atoms with Gasteiger partial charge in [0, 0.05) is 5.56 Å². The Morgan fingerprint density at radius 3 is 2.76 bits per heavy atom. The summed E-state index contributed by atoms with van der Waals surface area (Å²) in [5.41, 5.74) is 7.35. The Morgan fingerprint density at radius 2 is 2.18 bits per heavy atom. The zero-order valence-corrected chi connectivity index (χ0v) is 9.86. The normalized spacial score (nSPS) is 10.2. The zero-order chi connectivity index (χ0) is 12.3. The lowest BCUT2D eigenvalue weighted by molar-refractivity contribution is 0.311. The van der Waals surface area contributed by atoms with Crippen molar-refractivity contribution in [2.45, 2.75) is 6.92 Å². The van der Waals surface area contributed by atoms with Crippen molar-refractivity contribution < 1.29 is 9.47 Å². The summed E-state index contributed by atoms with van der Waals surface area (Å²) in [5, 5.41) is 0. The first-order chi connectivity index (χ1) is 8.24. The van der Waals surface area contributed by atoms with Crippen LogP contribution in [0, 0.1) is 0 Å². The lowest BCUT2D eigenvalue weighted by atomic mass is 10.1. The highest BCUT2D eigenvalue weighted by atomic mass is 16.5. The lowest BCUT2D eigenvalue weighted by Crippen LogP contribution is -1.95. The van der Waals surface area contributed by atoms with Crippen molar-refractivity contribution >= 4 is 5.95 Å². The number of methoxy groups -OCH3 is 1. The first-order valence-electron chi connectivity index (χ1n) is 5.36. The number of aromatic amines is 1. The van der Waals surface area contributed by atoms with E-state index in [1.807, 2.05) is 25.1 Å². The van der Waals surface area contributed by atoms with E-state index in [2.05, 4.69) is 9.97 Å². The number of rotatable bonds is 4. The monoisotopic (exact) mass is 233 g/mol. The quantitative estimate of drug-likeness (QED) is 0.847. The summed E-state index contributed by atoms with van der Waals surface area (Å²) in [6.45, 7) is 2.54. The van der Waals surface area contributed by atoms with Crippen molar-refractivity contribution in [3.8, 4) is 22.8 Å². The average Bonchev–Trinajstić information content (AvgIpc) is 2.77. The maximum absolute atomic E-state index is 5.54. The van der Waals surface area contributed by atoms with E-state index in [-0.39, 0.29) is 0 Å². The van der Waals surface area contributed by atoms with Crippen LogP contribution in [-0.2, 0) is 0 Å². The minimum absolute atomic E-state index is 0.396. The van der Waals surface area contributed by atoms with Crippen molar-refractivity contribution in [1.82, 2.24) is 9.97 Å². The first kappa shape index (κ1) is 11.3. The second-order valence-electron chi connectivity index (χ2n) is 3.48. The van der Waals surface area contributed by atoms with Gasteiger partial charge in [0.1, 0.15) is 0 Å². The van der Waals surface area contributed by atoms with Crippen LogP contribution in [0.3, 0.4) is 0 Å². The fourth-order valence-electron chi connectivity index (χ4n) is 1.59. The van der Waals surface area contributed by atoms with E-state index >= 15 is 0 Å². The highest BCUT2D eigenvalue weighted by molar-refractivity contribution is 5.64. The van der Waals surface area contributed by atoms with Crippen LogP contribution in [0.4, 0.5) is 5.95 Å². The third kappa shape index (κ3) is 2.33. The number of anilines is 1. The van der Waals surface area contributed by atoms with E-state index in [1.54, 1.807) is 13.3 Å². The second kappa shape index (κ2) is 4.78. The number of ether oxygens (including phenoxy) is 2. The highest BCUT2D eigenvalue weighted by Gasteiger charge is 2.08. The summed E-state index contributed by atoms with van der Waals surface area (Å²) in [7, 11) is 1.61. The van der Waals surface area contributed by atoms with Gasteiger partial charge in [0.25, 0.3) is 0 Å². The van der Waals surface area contributed by atoms with Crippen molar-refractivity contribution in [3.63, 3.8) is 0 Å². The number of nitrogens with one attached hydrogen (secondary N) is 1. The standard InChI is InChI=1S/C12H15N3O2/c1-3-17-10-5-4-8(6-11(10)16-2)9-7-14-12(13)15-9/h4-7H,3H2,1-2H3,(H3,13,14,15). The van der Waals surface area contributed by atoms with Gasteiger partial charge < -0.3 is 20.2 Å². The predicted octanol–water partition coefficient (Wildman–Crippen LogP) is 2.07. The van der Waals surface area contributed by atoms with Crippen LogP contribution < -0.4 is 15.2 Å². The van der Waals surface area contributed by atoms with Gasteiger partial charge in [0.05, 0.1) is 25.6 Å². The highest BCUT2D eigenvalue weighted by Crippen LogP contribution is 2.31.